The van der Waals surface area contributed by atoms with Crippen LogP contribution in [0.4, 0.5) is 0 Å². The Labute approximate surface area is 127 Å². The molecule has 0 aromatic heterocycles. The molecule has 1 unspecified atom stereocenters. The highest BCUT2D eigenvalue weighted by atomic mass is 28.3. The van der Waals surface area contributed by atoms with Gasteiger partial charge >= 0.3 is 0 Å². The molecule has 0 aromatic carbocycles. The Morgan fingerprint density at radius 3 is 1.95 bits per heavy atom. The highest BCUT2D eigenvalue weighted by molar-refractivity contribution is 6.59. The van der Waals surface area contributed by atoms with Gasteiger partial charge in [0, 0.05) is 5.16 Å². The molecule has 114 valence electrons. The Morgan fingerprint density at radius 1 is 1.00 bits per heavy atom. The van der Waals surface area contributed by atoms with Crippen molar-refractivity contribution in [3.63, 3.8) is 0 Å². The highest BCUT2D eigenvalue weighted by Gasteiger charge is 2.42. The van der Waals surface area contributed by atoms with Gasteiger partial charge in [-0.15, -0.1) is 0 Å². The summed E-state index contributed by atoms with van der Waals surface area (Å²) in [6.45, 7) is 14.3. The fraction of sp³-hybridized carbons (Fsp3) is 0.778. The SMILES string of the molecule is CC1=CC(C)(NC2([SiH](C)C)CCCCCC2)C(C)=C1C. The Balaban J connectivity index is 2.29. The van der Waals surface area contributed by atoms with Crippen LogP contribution < -0.4 is 5.32 Å². The number of rotatable bonds is 3. The first kappa shape index (κ1) is 16.0. The quantitative estimate of drug-likeness (QED) is 0.584. The highest BCUT2D eigenvalue weighted by Crippen LogP contribution is 2.38. The second-order valence-corrected chi connectivity index (χ2v) is 11.0. The summed E-state index contributed by atoms with van der Waals surface area (Å²) in [7, 11) is -0.747. The van der Waals surface area contributed by atoms with E-state index in [1.54, 1.807) is 0 Å². The second-order valence-electron chi connectivity index (χ2n) is 7.63. The fourth-order valence-corrected chi connectivity index (χ4v) is 6.34. The zero-order valence-corrected chi connectivity index (χ0v) is 15.6. The molecule has 1 N–H and O–H groups in total. The minimum atomic E-state index is -0.747. The normalized spacial score (nSPS) is 30.6. The van der Waals surface area contributed by atoms with Crippen molar-refractivity contribution < 1.29 is 0 Å². The van der Waals surface area contributed by atoms with Gasteiger partial charge < -0.3 is 5.32 Å². The van der Waals surface area contributed by atoms with Gasteiger partial charge in [0.2, 0.25) is 0 Å². The van der Waals surface area contributed by atoms with Crippen molar-refractivity contribution in [3.8, 4) is 0 Å². The molecule has 0 aromatic rings. The zero-order valence-electron chi connectivity index (χ0n) is 14.4. The summed E-state index contributed by atoms with van der Waals surface area (Å²) in [5, 5.41) is 4.64. The molecular formula is C18H33NSi. The van der Waals surface area contributed by atoms with Crippen LogP contribution in [0.1, 0.15) is 66.2 Å². The molecule has 2 heteroatoms. The van der Waals surface area contributed by atoms with Crippen molar-refractivity contribution in [1.29, 1.82) is 0 Å². The van der Waals surface area contributed by atoms with Gasteiger partial charge in [-0.2, -0.15) is 0 Å². The van der Waals surface area contributed by atoms with E-state index >= 15 is 0 Å². The van der Waals surface area contributed by atoms with Crippen molar-refractivity contribution in [2.75, 3.05) is 0 Å². The molecule has 1 fully saturated rings. The fourth-order valence-electron chi connectivity index (χ4n) is 4.19. The molecule has 1 saturated carbocycles. The lowest BCUT2D eigenvalue weighted by atomic mass is 9.92. The second kappa shape index (κ2) is 5.80. The molecule has 1 nitrogen and oxygen atoms in total. The Hall–Kier alpha value is -0.343. The van der Waals surface area contributed by atoms with E-state index in [1.807, 2.05) is 0 Å². The molecule has 0 heterocycles. The maximum absolute atomic E-state index is 4.19. The van der Waals surface area contributed by atoms with Crippen molar-refractivity contribution in [2.45, 2.75) is 90.0 Å². The van der Waals surface area contributed by atoms with Gasteiger partial charge in [0.1, 0.15) is 0 Å². The Kier molecular flexibility index (Phi) is 4.65. The smallest absolute Gasteiger partial charge is 0.0561 e. The minimum Gasteiger partial charge on any atom is -0.302 e. The number of nitrogens with one attached hydrogen (secondary N) is 1. The molecule has 0 amide bonds. The standard InChI is InChI=1S/C18H33NSi/c1-14-13-17(4,16(3)15(14)2)19-18(20(5)6)11-9-7-8-10-12-18/h13,19-20H,7-12H2,1-6H3. The Bertz CT molecular complexity index is 425. The molecule has 2 aliphatic rings. The molecule has 0 aliphatic heterocycles. The van der Waals surface area contributed by atoms with Gasteiger partial charge in [-0.25, -0.2) is 0 Å². The first-order chi connectivity index (χ1) is 9.31. The largest absolute Gasteiger partial charge is 0.302 e. The van der Waals surface area contributed by atoms with Crippen molar-refractivity contribution in [2.24, 2.45) is 0 Å². The summed E-state index contributed by atoms with van der Waals surface area (Å²) in [4.78, 5) is 0. The van der Waals surface area contributed by atoms with Gasteiger partial charge in [-0.05, 0) is 51.7 Å². The Morgan fingerprint density at radius 2 is 1.55 bits per heavy atom. The average Bonchev–Trinajstić information content (AvgIpc) is 2.59. The third-order valence-electron chi connectivity index (χ3n) is 6.05. The molecular weight excluding hydrogens is 258 g/mol. The lowest BCUT2D eigenvalue weighted by Gasteiger charge is -2.45. The van der Waals surface area contributed by atoms with Crippen LogP contribution in [0.3, 0.4) is 0 Å². The lowest BCUT2D eigenvalue weighted by Crippen LogP contribution is -2.62. The zero-order chi connectivity index (χ0) is 15.0. The van der Waals surface area contributed by atoms with Crippen LogP contribution >= 0.6 is 0 Å². The van der Waals surface area contributed by atoms with E-state index < -0.39 is 8.80 Å². The van der Waals surface area contributed by atoms with Crippen LogP contribution in [0, 0.1) is 0 Å². The van der Waals surface area contributed by atoms with Crippen LogP contribution in [0.15, 0.2) is 22.8 Å². The summed E-state index contributed by atoms with van der Waals surface area (Å²) in [5.74, 6) is 0. The molecule has 0 spiro atoms. The summed E-state index contributed by atoms with van der Waals surface area (Å²) >= 11 is 0. The number of hydrogen-bond acceptors (Lipinski definition) is 1. The van der Waals surface area contributed by atoms with Gasteiger partial charge in [-0.3, -0.25) is 0 Å². The van der Waals surface area contributed by atoms with E-state index in [2.05, 4.69) is 52.2 Å². The average molecular weight is 292 g/mol. The van der Waals surface area contributed by atoms with E-state index in [4.69, 9.17) is 0 Å². The maximum atomic E-state index is 4.19. The van der Waals surface area contributed by atoms with E-state index in [0.29, 0.717) is 5.16 Å². The van der Waals surface area contributed by atoms with Crippen molar-refractivity contribution in [3.05, 3.63) is 22.8 Å². The van der Waals surface area contributed by atoms with Crippen LogP contribution in [-0.4, -0.2) is 19.5 Å². The van der Waals surface area contributed by atoms with E-state index in [-0.39, 0.29) is 5.54 Å². The van der Waals surface area contributed by atoms with Crippen molar-refractivity contribution in [1.82, 2.24) is 5.32 Å². The molecule has 2 rings (SSSR count). The molecule has 1 atom stereocenters. The lowest BCUT2D eigenvalue weighted by molar-refractivity contribution is 0.328. The van der Waals surface area contributed by atoms with Gasteiger partial charge in [0.15, 0.2) is 0 Å². The summed E-state index contributed by atoms with van der Waals surface area (Å²) in [6.07, 6.45) is 11.0. The first-order valence-electron chi connectivity index (χ1n) is 8.48. The van der Waals surface area contributed by atoms with Gasteiger partial charge in [-0.1, -0.05) is 50.4 Å². The number of hydrogen-bond donors (Lipinski definition) is 1. The first-order valence-corrected chi connectivity index (χ1v) is 11.4. The third kappa shape index (κ3) is 2.82. The summed E-state index contributed by atoms with van der Waals surface area (Å²) in [6, 6.07) is 0. The molecule has 0 saturated heterocycles. The van der Waals surface area contributed by atoms with E-state index in [0.717, 1.165) is 0 Å². The third-order valence-corrected chi connectivity index (χ3v) is 8.98. The predicted octanol–water partition coefficient (Wildman–Crippen LogP) is 4.75. The monoisotopic (exact) mass is 291 g/mol. The molecule has 0 radical (unpaired) electrons. The van der Waals surface area contributed by atoms with Crippen LogP contribution in [0.5, 0.6) is 0 Å². The minimum absolute atomic E-state index is 0.0930. The summed E-state index contributed by atoms with van der Waals surface area (Å²) in [5.41, 5.74) is 4.59. The topological polar surface area (TPSA) is 12.0 Å². The van der Waals surface area contributed by atoms with Crippen LogP contribution in [0.2, 0.25) is 13.1 Å². The molecule has 2 aliphatic carbocycles. The van der Waals surface area contributed by atoms with Gasteiger partial charge in [0.05, 0.1) is 14.3 Å². The van der Waals surface area contributed by atoms with E-state index in [9.17, 15) is 0 Å². The van der Waals surface area contributed by atoms with Gasteiger partial charge in [0.25, 0.3) is 0 Å². The van der Waals surface area contributed by atoms with E-state index in [1.165, 1.54) is 55.2 Å². The van der Waals surface area contributed by atoms with Crippen molar-refractivity contribution >= 4 is 8.80 Å². The molecule has 20 heavy (non-hydrogen) atoms. The van der Waals surface area contributed by atoms with Crippen LogP contribution in [-0.2, 0) is 0 Å². The number of allylic oxidation sites excluding steroid dienone is 2. The van der Waals surface area contributed by atoms with Crippen LogP contribution in [0.25, 0.3) is 0 Å². The predicted molar refractivity (Wildman–Crippen MR) is 93.0 cm³/mol. The molecule has 0 bridgehead atoms. The summed E-state index contributed by atoms with van der Waals surface area (Å²) < 4.78 is 0. The maximum Gasteiger partial charge on any atom is 0.0561 e.